The minimum Gasteiger partial charge on any atom is -0.303 e. The van der Waals surface area contributed by atoms with Crippen LogP contribution in [0.2, 0.25) is 0 Å². The maximum Gasteiger partial charge on any atom is 0.126 e. The van der Waals surface area contributed by atoms with Gasteiger partial charge in [0.05, 0.1) is 0 Å². The fraction of sp³-hybridized carbons (Fsp3) is 0.364. The Balaban J connectivity index is 2.94. The van der Waals surface area contributed by atoms with E-state index in [1.54, 1.807) is 6.07 Å². The molecule has 0 bridgehead atoms. The number of rotatable bonds is 3. The Morgan fingerprint density at radius 3 is 2.77 bits per heavy atom. The number of hydrogen-bond donors (Lipinski definition) is 0. The maximum atomic E-state index is 13.3. The van der Waals surface area contributed by atoms with Crippen LogP contribution >= 0.6 is 0 Å². The van der Waals surface area contributed by atoms with Gasteiger partial charge in [-0.1, -0.05) is 19.1 Å². The van der Waals surface area contributed by atoms with Crippen molar-refractivity contribution in [2.75, 3.05) is 0 Å². The molecule has 0 N–H and O–H groups in total. The molecule has 0 saturated carbocycles. The maximum absolute atomic E-state index is 13.3. The van der Waals surface area contributed by atoms with E-state index in [1.165, 1.54) is 6.07 Å². The van der Waals surface area contributed by atoms with Crippen LogP contribution in [0.3, 0.4) is 0 Å². The molecule has 70 valence electrons. The van der Waals surface area contributed by atoms with Gasteiger partial charge in [-0.05, 0) is 30.0 Å². The van der Waals surface area contributed by atoms with E-state index in [1.807, 2.05) is 19.9 Å². The second kappa shape index (κ2) is 4.17. The SMILES string of the molecule is Cc1ccc(C(C)CC=O)c(F)c1. The van der Waals surface area contributed by atoms with Gasteiger partial charge >= 0.3 is 0 Å². The molecular weight excluding hydrogens is 167 g/mol. The molecule has 0 saturated heterocycles. The third-order valence-corrected chi connectivity index (χ3v) is 2.14. The third kappa shape index (κ3) is 2.38. The predicted molar refractivity (Wildman–Crippen MR) is 50.2 cm³/mol. The molecule has 1 aromatic rings. The van der Waals surface area contributed by atoms with Crippen molar-refractivity contribution in [3.63, 3.8) is 0 Å². The summed E-state index contributed by atoms with van der Waals surface area (Å²) in [6.07, 6.45) is 1.20. The molecule has 0 aliphatic rings. The highest BCUT2D eigenvalue weighted by atomic mass is 19.1. The van der Waals surface area contributed by atoms with Crippen molar-refractivity contribution in [1.29, 1.82) is 0 Å². The van der Waals surface area contributed by atoms with Gasteiger partial charge in [0.2, 0.25) is 0 Å². The van der Waals surface area contributed by atoms with Crippen LogP contribution in [0.5, 0.6) is 0 Å². The lowest BCUT2D eigenvalue weighted by atomic mass is 9.97. The molecular formula is C11H13FO. The molecule has 1 nitrogen and oxygen atoms in total. The van der Waals surface area contributed by atoms with Crippen molar-refractivity contribution >= 4 is 6.29 Å². The van der Waals surface area contributed by atoms with Crippen molar-refractivity contribution in [1.82, 2.24) is 0 Å². The van der Waals surface area contributed by atoms with E-state index >= 15 is 0 Å². The van der Waals surface area contributed by atoms with E-state index in [-0.39, 0.29) is 11.7 Å². The first kappa shape index (κ1) is 9.90. The van der Waals surface area contributed by atoms with Gasteiger partial charge in [0.25, 0.3) is 0 Å². The van der Waals surface area contributed by atoms with E-state index < -0.39 is 0 Å². The second-order valence-electron chi connectivity index (χ2n) is 3.33. The summed E-state index contributed by atoms with van der Waals surface area (Å²) >= 11 is 0. The molecule has 0 radical (unpaired) electrons. The molecule has 0 aliphatic heterocycles. The third-order valence-electron chi connectivity index (χ3n) is 2.14. The van der Waals surface area contributed by atoms with Crippen LogP contribution in [0.1, 0.15) is 30.4 Å². The molecule has 1 unspecified atom stereocenters. The molecule has 1 atom stereocenters. The van der Waals surface area contributed by atoms with E-state index in [9.17, 15) is 9.18 Å². The molecule has 0 spiro atoms. The Kier molecular flexibility index (Phi) is 3.18. The van der Waals surface area contributed by atoms with Gasteiger partial charge in [-0.15, -0.1) is 0 Å². The Morgan fingerprint density at radius 1 is 1.54 bits per heavy atom. The van der Waals surface area contributed by atoms with Crippen LogP contribution in [0, 0.1) is 12.7 Å². The lowest BCUT2D eigenvalue weighted by Gasteiger charge is -2.09. The summed E-state index contributed by atoms with van der Waals surface area (Å²) in [5, 5.41) is 0. The minimum absolute atomic E-state index is 0.0295. The highest BCUT2D eigenvalue weighted by molar-refractivity contribution is 5.51. The lowest BCUT2D eigenvalue weighted by Crippen LogP contribution is -1.98. The van der Waals surface area contributed by atoms with Gasteiger partial charge in [-0.25, -0.2) is 4.39 Å². The van der Waals surface area contributed by atoms with Crippen molar-refractivity contribution in [2.24, 2.45) is 0 Å². The first-order valence-electron chi connectivity index (χ1n) is 4.35. The first-order chi connectivity index (χ1) is 6.15. The normalized spacial score (nSPS) is 12.5. The quantitative estimate of drug-likeness (QED) is 0.654. The van der Waals surface area contributed by atoms with Gasteiger partial charge in [-0.3, -0.25) is 0 Å². The average molecular weight is 180 g/mol. The van der Waals surface area contributed by atoms with Crippen molar-refractivity contribution in [3.8, 4) is 0 Å². The Hall–Kier alpha value is -1.18. The van der Waals surface area contributed by atoms with Crippen LogP contribution in [0.15, 0.2) is 18.2 Å². The number of halogens is 1. The van der Waals surface area contributed by atoms with Crippen molar-refractivity contribution < 1.29 is 9.18 Å². The molecule has 13 heavy (non-hydrogen) atoms. The zero-order chi connectivity index (χ0) is 9.84. The second-order valence-corrected chi connectivity index (χ2v) is 3.33. The topological polar surface area (TPSA) is 17.1 Å². The highest BCUT2D eigenvalue weighted by Gasteiger charge is 2.09. The smallest absolute Gasteiger partial charge is 0.126 e. The van der Waals surface area contributed by atoms with Crippen molar-refractivity contribution in [2.45, 2.75) is 26.2 Å². The van der Waals surface area contributed by atoms with Crippen LogP contribution in [-0.2, 0) is 4.79 Å². The number of carbonyl (C=O) groups is 1. The monoisotopic (exact) mass is 180 g/mol. The van der Waals surface area contributed by atoms with E-state index in [2.05, 4.69) is 0 Å². The number of aldehydes is 1. The lowest BCUT2D eigenvalue weighted by molar-refractivity contribution is -0.108. The van der Waals surface area contributed by atoms with E-state index in [4.69, 9.17) is 0 Å². The Morgan fingerprint density at radius 2 is 2.23 bits per heavy atom. The number of hydrogen-bond acceptors (Lipinski definition) is 1. The summed E-state index contributed by atoms with van der Waals surface area (Å²) in [7, 11) is 0. The molecule has 2 heteroatoms. The first-order valence-corrected chi connectivity index (χ1v) is 4.35. The number of carbonyl (C=O) groups excluding carboxylic acids is 1. The van der Waals surface area contributed by atoms with Crippen LogP contribution < -0.4 is 0 Å². The molecule has 0 aromatic heterocycles. The minimum atomic E-state index is -0.214. The van der Waals surface area contributed by atoms with Crippen LogP contribution in [0.25, 0.3) is 0 Å². The van der Waals surface area contributed by atoms with Gasteiger partial charge < -0.3 is 4.79 Å². The predicted octanol–water partition coefficient (Wildman–Crippen LogP) is 2.83. The molecule has 0 aliphatic carbocycles. The van der Waals surface area contributed by atoms with Gasteiger partial charge in [0.15, 0.2) is 0 Å². The summed E-state index contributed by atoms with van der Waals surface area (Å²) in [4.78, 5) is 10.2. The molecule has 0 heterocycles. The molecule has 1 rings (SSSR count). The summed E-state index contributed by atoms with van der Waals surface area (Å²) in [5.74, 6) is -0.243. The van der Waals surface area contributed by atoms with Crippen LogP contribution in [-0.4, -0.2) is 6.29 Å². The van der Waals surface area contributed by atoms with Crippen LogP contribution in [0.4, 0.5) is 4.39 Å². The summed E-state index contributed by atoms with van der Waals surface area (Å²) < 4.78 is 13.3. The fourth-order valence-electron chi connectivity index (χ4n) is 1.30. The average Bonchev–Trinajstić information content (AvgIpc) is 2.04. The zero-order valence-corrected chi connectivity index (χ0v) is 7.88. The van der Waals surface area contributed by atoms with E-state index in [0.29, 0.717) is 12.0 Å². The molecule has 1 aromatic carbocycles. The fourth-order valence-corrected chi connectivity index (χ4v) is 1.30. The van der Waals surface area contributed by atoms with Crippen molar-refractivity contribution in [3.05, 3.63) is 35.1 Å². The zero-order valence-electron chi connectivity index (χ0n) is 7.88. The molecule has 0 fully saturated rings. The van der Waals surface area contributed by atoms with Gasteiger partial charge in [-0.2, -0.15) is 0 Å². The summed E-state index contributed by atoms with van der Waals surface area (Å²) in [5.41, 5.74) is 1.53. The largest absolute Gasteiger partial charge is 0.303 e. The van der Waals surface area contributed by atoms with E-state index in [0.717, 1.165) is 11.8 Å². The summed E-state index contributed by atoms with van der Waals surface area (Å²) in [6, 6.07) is 5.11. The molecule has 0 amide bonds. The van der Waals surface area contributed by atoms with Gasteiger partial charge in [0.1, 0.15) is 12.1 Å². The van der Waals surface area contributed by atoms with Gasteiger partial charge in [0, 0.05) is 6.42 Å². The Bertz CT molecular complexity index is 307. The number of benzene rings is 1. The standard InChI is InChI=1S/C11H13FO/c1-8-3-4-10(11(12)7-8)9(2)5-6-13/h3-4,6-7,9H,5H2,1-2H3. The highest BCUT2D eigenvalue weighted by Crippen LogP contribution is 2.21. The number of aryl methyl sites for hydroxylation is 1. The Labute approximate surface area is 77.6 Å². The summed E-state index contributed by atoms with van der Waals surface area (Å²) in [6.45, 7) is 3.69.